The van der Waals surface area contributed by atoms with E-state index in [1.54, 1.807) is 7.11 Å². The second kappa shape index (κ2) is 10.2. The van der Waals surface area contributed by atoms with Crippen LogP contribution < -0.4 is 24.7 Å². The van der Waals surface area contributed by atoms with E-state index >= 15 is 0 Å². The highest BCUT2D eigenvalue weighted by atomic mass is 32.2. The number of benzene rings is 2. The minimum atomic E-state index is -3.64. The summed E-state index contributed by atoms with van der Waals surface area (Å²) in [5.74, 6) is 1.87. The van der Waals surface area contributed by atoms with Crippen LogP contribution in [0.1, 0.15) is 18.4 Å². The second-order valence-corrected chi connectivity index (χ2v) is 7.97. The van der Waals surface area contributed by atoms with Crippen LogP contribution in [0.4, 0.5) is 5.82 Å². The Balaban J connectivity index is 1.66. The number of unbranched alkanes of at least 4 members (excludes halogenated alkanes) is 1. The molecule has 0 spiro atoms. The molecule has 0 radical (unpaired) electrons. The maximum absolute atomic E-state index is 10.9. The highest BCUT2D eigenvalue weighted by molar-refractivity contribution is 7.87. The van der Waals surface area contributed by atoms with E-state index in [4.69, 9.17) is 14.6 Å². The van der Waals surface area contributed by atoms with Crippen LogP contribution in [0.3, 0.4) is 0 Å². The maximum Gasteiger partial charge on any atom is 0.274 e. The minimum Gasteiger partial charge on any atom is -0.493 e. The van der Waals surface area contributed by atoms with E-state index in [2.05, 4.69) is 20.0 Å². The van der Waals surface area contributed by atoms with Crippen LogP contribution in [0.2, 0.25) is 0 Å². The van der Waals surface area contributed by atoms with Crippen LogP contribution in [0.15, 0.2) is 48.8 Å². The molecule has 9 nitrogen and oxygen atoms in total. The molecular weight excluding hydrogens is 406 g/mol. The summed E-state index contributed by atoms with van der Waals surface area (Å²) in [7, 11) is -2.05. The average molecular weight is 432 g/mol. The third kappa shape index (κ3) is 6.28. The molecule has 4 N–H and O–H groups in total. The Morgan fingerprint density at radius 2 is 1.80 bits per heavy atom. The molecule has 0 saturated heterocycles. The highest BCUT2D eigenvalue weighted by Gasteiger charge is 2.12. The standard InChI is InChI=1S/C20H25N5O4S/c1-28-18-11-16-17(12-19(18)29-13-15-7-3-2-4-8-15)23-14-24-20(16)22-9-5-6-10-25-30(21,26)27/h2-4,7-8,11-12,14,25H,5-6,9-10,13H2,1H3,(H2,21,26,27)(H,22,23,24). The summed E-state index contributed by atoms with van der Waals surface area (Å²) in [5, 5.41) is 8.97. The van der Waals surface area contributed by atoms with Crippen molar-refractivity contribution in [1.82, 2.24) is 14.7 Å². The molecule has 0 fully saturated rings. The van der Waals surface area contributed by atoms with E-state index in [1.807, 2.05) is 42.5 Å². The summed E-state index contributed by atoms with van der Waals surface area (Å²) >= 11 is 0. The molecule has 1 heterocycles. The molecule has 0 saturated carbocycles. The summed E-state index contributed by atoms with van der Waals surface area (Å²) in [5.41, 5.74) is 1.79. The molecule has 2 aromatic carbocycles. The normalized spacial score (nSPS) is 11.4. The third-order valence-electron chi connectivity index (χ3n) is 4.36. The Morgan fingerprint density at radius 3 is 2.53 bits per heavy atom. The lowest BCUT2D eigenvalue weighted by molar-refractivity contribution is 0.285. The first kappa shape index (κ1) is 21.8. The predicted molar refractivity (Wildman–Crippen MR) is 116 cm³/mol. The number of aromatic nitrogens is 2. The van der Waals surface area contributed by atoms with Gasteiger partial charge in [0.05, 0.1) is 12.6 Å². The fraction of sp³-hybridized carbons (Fsp3) is 0.300. The molecule has 10 heteroatoms. The number of nitrogens with two attached hydrogens (primary N) is 1. The number of hydrogen-bond acceptors (Lipinski definition) is 7. The van der Waals surface area contributed by atoms with Crippen molar-refractivity contribution in [1.29, 1.82) is 0 Å². The van der Waals surface area contributed by atoms with Gasteiger partial charge in [0.2, 0.25) is 0 Å². The monoisotopic (exact) mass is 431 g/mol. The Morgan fingerprint density at radius 1 is 1.03 bits per heavy atom. The van der Waals surface area contributed by atoms with Crippen LogP contribution in [0.25, 0.3) is 10.9 Å². The van der Waals surface area contributed by atoms with Gasteiger partial charge in [0.25, 0.3) is 10.2 Å². The number of anilines is 1. The fourth-order valence-electron chi connectivity index (χ4n) is 2.88. The average Bonchev–Trinajstić information content (AvgIpc) is 2.74. The van der Waals surface area contributed by atoms with Gasteiger partial charge in [0.15, 0.2) is 11.5 Å². The molecule has 0 aliphatic heterocycles. The number of fused-ring (bicyclic) bond motifs is 1. The van der Waals surface area contributed by atoms with Gasteiger partial charge in [0, 0.05) is 24.5 Å². The molecule has 30 heavy (non-hydrogen) atoms. The van der Waals surface area contributed by atoms with E-state index in [0.717, 1.165) is 22.9 Å². The van der Waals surface area contributed by atoms with E-state index in [1.165, 1.54) is 6.33 Å². The molecule has 160 valence electrons. The summed E-state index contributed by atoms with van der Waals surface area (Å²) in [6, 6.07) is 13.6. The van der Waals surface area contributed by atoms with Crippen molar-refractivity contribution in [3.8, 4) is 11.5 Å². The number of ether oxygens (including phenoxy) is 2. The number of nitrogens with one attached hydrogen (secondary N) is 2. The quantitative estimate of drug-likeness (QED) is 0.397. The molecule has 3 aromatic rings. The Hall–Kier alpha value is -2.95. The van der Waals surface area contributed by atoms with Crippen molar-refractivity contribution in [2.75, 3.05) is 25.5 Å². The maximum atomic E-state index is 10.9. The number of hydrogen-bond donors (Lipinski definition) is 3. The van der Waals surface area contributed by atoms with Crippen LogP contribution in [0.5, 0.6) is 11.5 Å². The van der Waals surface area contributed by atoms with Gasteiger partial charge >= 0.3 is 0 Å². The molecule has 0 atom stereocenters. The Bertz CT molecular complexity index is 1080. The largest absolute Gasteiger partial charge is 0.493 e. The van der Waals surface area contributed by atoms with Crippen molar-refractivity contribution >= 4 is 26.9 Å². The second-order valence-electron chi connectivity index (χ2n) is 6.59. The molecule has 0 aliphatic rings. The zero-order chi connectivity index (χ0) is 21.4. The lowest BCUT2D eigenvalue weighted by Gasteiger charge is -2.14. The minimum absolute atomic E-state index is 0.293. The first-order valence-corrected chi connectivity index (χ1v) is 11.0. The van der Waals surface area contributed by atoms with E-state index < -0.39 is 10.2 Å². The van der Waals surface area contributed by atoms with Gasteiger partial charge in [-0.1, -0.05) is 30.3 Å². The topological polar surface area (TPSA) is 128 Å². The zero-order valence-corrected chi connectivity index (χ0v) is 17.5. The predicted octanol–water partition coefficient (Wildman–Crippen LogP) is 2.20. The van der Waals surface area contributed by atoms with Gasteiger partial charge in [0.1, 0.15) is 18.8 Å². The first-order chi connectivity index (χ1) is 14.5. The lowest BCUT2D eigenvalue weighted by atomic mass is 10.2. The smallest absolute Gasteiger partial charge is 0.274 e. The molecule has 0 amide bonds. The summed E-state index contributed by atoms with van der Waals surface area (Å²) in [6.45, 7) is 1.33. The van der Waals surface area contributed by atoms with Gasteiger partial charge in [-0.2, -0.15) is 8.42 Å². The highest BCUT2D eigenvalue weighted by Crippen LogP contribution is 2.34. The molecule has 0 bridgehead atoms. The summed E-state index contributed by atoms with van der Waals surface area (Å²) < 4.78 is 35.4. The molecule has 0 unspecified atom stereocenters. The van der Waals surface area contributed by atoms with Crippen molar-refractivity contribution < 1.29 is 17.9 Å². The molecule has 3 rings (SSSR count). The summed E-state index contributed by atoms with van der Waals surface area (Å²) in [4.78, 5) is 8.65. The SMILES string of the molecule is COc1cc2c(NCCCCNS(N)(=O)=O)ncnc2cc1OCc1ccccc1. The number of methoxy groups -OCH3 is 1. The fourth-order valence-corrected chi connectivity index (χ4v) is 3.31. The molecular formula is C20H25N5O4S. The van der Waals surface area contributed by atoms with Crippen molar-refractivity contribution in [3.05, 3.63) is 54.4 Å². The zero-order valence-electron chi connectivity index (χ0n) is 16.7. The molecule has 0 aliphatic carbocycles. The van der Waals surface area contributed by atoms with Crippen LogP contribution in [-0.2, 0) is 16.8 Å². The van der Waals surface area contributed by atoms with Crippen molar-refractivity contribution in [3.63, 3.8) is 0 Å². The summed E-state index contributed by atoms with van der Waals surface area (Å²) in [6.07, 6.45) is 2.87. The Labute approximate surface area is 175 Å². The third-order valence-corrected chi connectivity index (χ3v) is 4.96. The van der Waals surface area contributed by atoms with Gasteiger partial charge in [-0.05, 0) is 24.5 Å². The molecule has 1 aromatic heterocycles. The van der Waals surface area contributed by atoms with Crippen LogP contribution in [-0.4, -0.2) is 38.6 Å². The van der Waals surface area contributed by atoms with E-state index in [9.17, 15) is 8.42 Å². The van der Waals surface area contributed by atoms with Crippen LogP contribution >= 0.6 is 0 Å². The van der Waals surface area contributed by atoms with E-state index in [-0.39, 0.29) is 0 Å². The van der Waals surface area contributed by atoms with Gasteiger partial charge in [-0.3, -0.25) is 0 Å². The lowest BCUT2D eigenvalue weighted by Crippen LogP contribution is -2.31. The van der Waals surface area contributed by atoms with Crippen molar-refractivity contribution in [2.24, 2.45) is 5.14 Å². The number of nitrogens with zero attached hydrogens (tertiary/aromatic N) is 2. The number of rotatable bonds is 11. The van der Waals surface area contributed by atoms with Gasteiger partial charge in [-0.15, -0.1) is 0 Å². The van der Waals surface area contributed by atoms with E-state index in [0.29, 0.717) is 43.4 Å². The van der Waals surface area contributed by atoms with Crippen LogP contribution in [0, 0.1) is 0 Å². The first-order valence-electron chi connectivity index (χ1n) is 9.47. The van der Waals surface area contributed by atoms with Gasteiger partial charge < -0.3 is 14.8 Å². The van der Waals surface area contributed by atoms with Crippen molar-refractivity contribution in [2.45, 2.75) is 19.4 Å². The van der Waals surface area contributed by atoms with Gasteiger partial charge in [-0.25, -0.2) is 19.8 Å². The Kier molecular flexibility index (Phi) is 7.39.